The van der Waals surface area contributed by atoms with Crippen molar-refractivity contribution in [3.05, 3.63) is 17.5 Å². The standard InChI is InChI=1S/C23H37ClN4O4Si/c1-16-12-28(22(29)32-23(2,3)4)13-17(16)14-31-20-18-8-9-27(19(18)25-21(24)26-20)15-30-10-11-33(5,6)7/h8-9,16-17H,10-15H2,1-7H3/t16-,17+/m1/s1. The van der Waals surface area contributed by atoms with E-state index in [4.69, 9.17) is 25.8 Å². The third-order valence-electron chi connectivity index (χ3n) is 5.64. The van der Waals surface area contributed by atoms with Crippen molar-refractivity contribution in [2.75, 3.05) is 26.3 Å². The smallest absolute Gasteiger partial charge is 0.410 e. The molecular weight excluding hydrogens is 460 g/mol. The van der Waals surface area contributed by atoms with Gasteiger partial charge >= 0.3 is 6.09 Å². The van der Waals surface area contributed by atoms with Gasteiger partial charge in [-0.2, -0.15) is 9.97 Å². The normalized spacial score (nSPS) is 19.3. The van der Waals surface area contributed by atoms with Crippen LogP contribution in [0, 0.1) is 11.8 Å². The van der Waals surface area contributed by atoms with Crippen LogP contribution >= 0.6 is 11.6 Å². The van der Waals surface area contributed by atoms with Gasteiger partial charge in [-0.1, -0.05) is 26.6 Å². The average molecular weight is 497 g/mol. The largest absolute Gasteiger partial charge is 0.477 e. The predicted octanol–water partition coefficient (Wildman–Crippen LogP) is 5.28. The van der Waals surface area contributed by atoms with Crippen molar-refractivity contribution in [3.8, 4) is 5.88 Å². The van der Waals surface area contributed by atoms with Crippen molar-refractivity contribution in [1.82, 2.24) is 19.4 Å². The van der Waals surface area contributed by atoms with E-state index in [1.807, 2.05) is 37.6 Å². The summed E-state index contributed by atoms with van der Waals surface area (Å²) in [5.74, 6) is 0.914. The molecule has 184 valence electrons. The van der Waals surface area contributed by atoms with Gasteiger partial charge in [0.15, 0.2) is 5.65 Å². The maximum absolute atomic E-state index is 12.4. The fourth-order valence-corrected chi connectivity index (χ4v) is 4.59. The van der Waals surface area contributed by atoms with Gasteiger partial charge in [-0.3, -0.25) is 0 Å². The zero-order valence-corrected chi connectivity index (χ0v) is 22.6. The lowest BCUT2D eigenvalue weighted by Gasteiger charge is -2.24. The molecule has 10 heteroatoms. The maximum Gasteiger partial charge on any atom is 0.410 e. The molecule has 1 fully saturated rings. The number of fused-ring (bicyclic) bond motifs is 1. The van der Waals surface area contributed by atoms with Crippen molar-refractivity contribution >= 4 is 36.8 Å². The molecule has 0 aromatic carbocycles. The lowest BCUT2D eigenvalue weighted by molar-refractivity contribution is 0.0282. The Hall–Kier alpha value is -1.84. The number of amides is 1. The summed E-state index contributed by atoms with van der Waals surface area (Å²) in [6.45, 7) is 17.5. The number of hydrogen-bond acceptors (Lipinski definition) is 6. The van der Waals surface area contributed by atoms with Crippen LogP contribution in [0.5, 0.6) is 5.88 Å². The molecule has 0 N–H and O–H groups in total. The van der Waals surface area contributed by atoms with Gasteiger partial charge < -0.3 is 23.7 Å². The first-order chi connectivity index (χ1) is 15.3. The summed E-state index contributed by atoms with van der Waals surface area (Å²) in [7, 11) is -1.14. The van der Waals surface area contributed by atoms with E-state index in [-0.39, 0.29) is 23.2 Å². The Morgan fingerprint density at radius 3 is 2.64 bits per heavy atom. The van der Waals surface area contributed by atoms with Gasteiger partial charge in [-0.25, -0.2) is 4.79 Å². The number of aromatic nitrogens is 3. The Labute approximate surface area is 202 Å². The first kappa shape index (κ1) is 25.8. The van der Waals surface area contributed by atoms with E-state index in [2.05, 4.69) is 36.5 Å². The second-order valence-electron chi connectivity index (χ2n) is 11.1. The van der Waals surface area contributed by atoms with E-state index in [1.165, 1.54) is 0 Å². The Kier molecular flexibility index (Phi) is 7.96. The minimum absolute atomic E-state index is 0.134. The number of carbonyl (C=O) groups is 1. The number of nitrogens with zero attached hydrogens (tertiary/aromatic N) is 4. The fourth-order valence-electron chi connectivity index (χ4n) is 3.68. The highest BCUT2D eigenvalue weighted by atomic mass is 35.5. The minimum Gasteiger partial charge on any atom is -0.477 e. The number of rotatable bonds is 8. The lowest BCUT2D eigenvalue weighted by atomic mass is 9.99. The monoisotopic (exact) mass is 496 g/mol. The van der Waals surface area contributed by atoms with Gasteiger partial charge in [-0.15, -0.1) is 0 Å². The van der Waals surface area contributed by atoms with Crippen LogP contribution in [0.2, 0.25) is 31.0 Å². The van der Waals surface area contributed by atoms with Crippen LogP contribution in [-0.4, -0.2) is 65.5 Å². The van der Waals surface area contributed by atoms with Crippen LogP contribution in [-0.2, 0) is 16.2 Å². The van der Waals surface area contributed by atoms with Crippen LogP contribution in [0.15, 0.2) is 12.3 Å². The summed E-state index contributed by atoms with van der Waals surface area (Å²) < 4.78 is 19.4. The molecule has 33 heavy (non-hydrogen) atoms. The van der Waals surface area contributed by atoms with E-state index in [1.54, 1.807) is 4.90 Å². The number of carbonyl (C=O) groups excluding carboxylic acids is 1. The first-order valence-corrected chi connectivity index (χ1v) is 15.6. The predicted molar refractivity (Wildman–Crippen MR) is 133 cm³/mol. The van der Waals surface area contributed by atoms with Crippen molar-refractivity contribution in [1.29, 1.82) is 0 Å². The van der Waals surface area contributed by atoms with Gasteiger partial charge in [0.2, 0.25) is 11.2 Å². The molecule has 0 spiro atoms. The highest BCUT2D eigenvalue weighted by molar-refractivity contribution is 6.76. The Balaban J connectivity index is 1.62. The number of hydrogen-bond donors (Lipinski definition) is 0. The zero-order valence-electron chi connectivity index (χ0n) is 20.9. The van der Waals surface area contributed by atoms with Crippen LogP contribution < -0.4 is 4.74 Å². The van der Waals surface area contributed by atoms with Gasteiger partial charge in [0, 0.05) is 39.9 Å². The van der Waals surface area contributed by atoms with Gasteiger partial charge in [0.1, 0.15) is 12.3 Å². The van der Waals surface area contributed by atoms with Crippen LogP contribution in [0.3, 0.4) is 0 Å². The van der Waals surface area contributed by atoms with E-state index >= 15 is 0 Å². The van der Waals surface area contributed by atoms with Crippen molar-refractivity contribution in [3.63, 3.8) is 0 Å². The molecule has 1 saturated heterocycles. The molecule has 0 radical (unpaired) electrons. The molecule has 3 heterocycles. The molecular formula is C23H37ClN4O4Si. The topological polar surface area (TPSA) is 78.7 Å². The summed E-state index contributed by atoms with van der Waals surface area (Å²) in [6, 6.07) is 3.03. The van der Waals surface area contributed by atoms with E-state index in [0.29, 0.717) is 38.0 Å². The average Bonchev–Trinajstić information content (AvgIpc) is 3.25. The highest BCUT2D eigenvalue weighted by Gasteiger charge is 2.35. The third-order valence-corrected chi connectivity index (χ3v) is 7.51. The van der Waals surface area contributed by atoms with E-state index in [9.17, 15) is 4.79 Å². The molecule has 0 saturated carbocycles. The molecule has 1 aliphatic heterocycles. The Morgan fingerprint density at radius 2 is 1.97 bits per heavy atom. The molecule has 2 aromatic rings. The molecule has 0 unspecified atom stereocenters. The number of halogens is 1. The number of likely N-dealkylation sites (tertiary alicyclic amines) is 1. The lowest BCUT2D eigenvalue weighted by Crippen LogP contribution is -2.35. The van der Waals surface area contributed by atoms with Crippen molar-refractivity contribution in [2.24, 2.45) is 11.8 Å². The van der Waals surface area contributed by atoms with E-state index in [0.717, 1.165) is 18.0 Å². The molecule has 2 atom stereocenters. The molecule has 8 nitrogen and oxygen atoms in total. The summed E-state index contributed by atoms with van der Waals surface area (Å²) in [5, 5.41) is 0.928. The molecule has 1 aliphatic rings. The van der Waals surface area contributed by atoms with Crippen LogP contribution in [0.25, 0.3) is 11.0 Å². The van der Waals surface area contributed by atoms with Gasteiger partial charge in [0.25, 0.3) is 0 Å². The number of ether oxygens (including phenoxy) is 3. The maximum atomic E-state index is 12.4. The van der Waals surface area contributed by atoms with Crippen LogP contribution in [0.4, 0.5) is 4.79 Å². The van der Waals surface area contributed by atoms with Gasteiger partial charge in [0.05, 0.1) is 12.0 Å². The molecule has 1 amide bonds. The van der Waals surface area contributed by atoms with Crippen LogP contribution in [0.1, 0.15) is 27.7 Å². The second-order valence-corrected chi connectivity index (χ2v) is 17.1. The second kappa shape index (κ2) is 10.2. The van der Waals surface area contributed by atoms with Crippen molar-refractivity contribution < 1.29 is 19.0 Å². The highest BCUT2D eigenvalue weighted by Crippen LogP contribution is 2.29. The Bertz CT molecular complexity index is 970. The quantitative estimate of drug-likeness (QED) is 0.281. The first-order valence-electron chi connectivity index (χ1n) is 11.5. The molecule has 2 aromatic heterocycles. The SMILES string of the molecule is C[C@@H]1CN(C(=O)OC(C)(C)C)C[C@H]1COc1nc(Cl)nc2c1ccn2COCC[Si](C)(C)C. The van der Waals surface area contributed by atoms with E-state index < -0.39 is 13.7 Å². The molecule has 0 bridgehead atoms. The minimum atomic E-state index is -1.14. The molecule has 3 rings (SSSR count). The van der Waals surface area contributed by atoms with Gasteiger partial charge in [-0.05, 0) is 50.4 Å². The van der Waals surface area contributed by atoms with Crippen molar-refractivity contribution in [2.45, 2.75) is 65.7 Å². The third kappa shape index (κ3) is 7.32. The molecule has 0 aliphatic carbocycles. The Morgan fingerprint density at radius 1 is 1.24 bits per heavy atom. The zero-order chi connectivity index (χ0) is 24.4. The summed E-state index contributed by atoms with van der Waals surface area (Å²) in [4.78, 5) is 22.9. The summed E-state index contributed by atoms with van der Waals surface area (Å²) >= 11 is 6.20. The summed E-state index contributed by atoms with van der Waals surface area (Å²) in [6.07, 6.45) is 1.63. The fraction of sp³-hybridized carbons (Fsp3) is 0.696. The summed E-state index contributed by atoms with van der Waals surface area (Å²) in [5.41, 5.74) is 0.178.